The minimum absolute atomic E-state index is 0.325. The van der Waals surface area contributed by atoms with Crippen molar-refractivity contribution in [1.29, 1.82) is 0 Å². The molecule has 0 unspecified atom stereocenters. The highest BCUT2D eigenvalue weighted by Crippen LogP contribution is 2.33. The summed E-state index contributed by atoms with van der Waals surface area (Å²) in [4.78, 5) is 8.33. The minimum atomic E-state index is 0.325. The first-order valence-corrected chi connectivity index (χ1v) is 6.52. The first-order chi connectivity index (χ1) is 9.78. The second-order valence-corrected chi connectivity index (χ2v) is 4.65. The Labute approximate surface area is 121 Å². The molecule has 0 spiro atoms. The number of halogens is 1. The van der Waals surface area contributed by atoms with Crippen molar-refractivity contribution in [1.82, 2.24) is 9.97 Å². The Balaban J connectivity index is 2.04. The third-order valence-electron chi connectivity index (χ3n) is 2.92. The molecular weight excluding hydrogens is 274 g/mol. The van der Waals surface area contributed by atoms with Gasteiger partial charge in [0.05, 0.1) is 11.9 Å². The molecule has 3 rings (SSSR count). The van der Waals surface area contributed by atoms with Gasteiger partial charge in [-0.3, -0.25) is 4.98 Å². The maximum atomic E-state index is 6.18. The summed E-state index contributed by atoms with van der Waals surface area (Å²) >= 11 is 6.18. The molecule has 0 aliphatic heterocycles. The van der Waals surface area contributed by atoms with Crippen LogP contribution in [0.1, 0.15) is 5.69 Å². The van der Waals surface area contributed by atoms with Crippen molar-refractivity contribution < 1.29 is 4.74 Å². The highest BCUT2D eigenvalue weighted by molar-refractivity contribution is 6.35. The molecule has 0 fully saturated rings. The van der Waals surface area contributed by atoms with Crippen molar-refractivity contribution in [2.45, 2.75) is 6.54 Å². The van der Waals surface area contributed by atoms with Crippen molar-refractivity contribution in [3.05, 3.63) is 59.5 Å². The molecule has 0 atom stereocenters. The number of fused-ring (bicyclic) bond motifs is 1. The first kappa shape index (κ1) is 12.8. The van der Waals surface area contributed by atoms with Gasteiger partial charge in [0.15, 0.2) is 0 Å². The van der Waals surface area contributed by atoms with Gasteiger partial charge in [0.25, 0.3) is 0 Å². The van der Waals surface area contributed by atoms with Gasteiger partial charge in [0.2, 0.25) is 5.88 Å². The lowest BCUT2D eigenvalue weighted by Crippen LogP contribution is -2.01. The number of ether oxygens (including phenoxy) is 1. The zero-order chi connectivity index (χ0) is 13.9. The van der Waals surface area contributed by atoms with Crippen LogP contribution in [0.15, 0.2) is 48.8 Å². The van der Waals surface area contributed by atoms with Gasteiger partial charge in [-0.25, -0.2) is 4.98 Å². The molecule has 1 aromatic heterocycles. The van der Waals surface area contributed by atoms with E-state index in [1.165, 1.54) is 0 Å². The van der Waals surface area contributed by atoms with Gasteiger partial charge in [-0.05, 0) is 12.1 Å². The molecule has 3 aromatic rings. The van der Waals surface area contributed by atoms with E-state index in [2.05, 4.69) is 9.97 Å². The van der Waals surface area contributed by atoms with Gasteiger partial charge >= 0.3 is 0 Å². The van der Waals surface area contributed by atoms with Crippen molar-refractivity contribution in [3.63, 3.8) is 0 Å². The van der Waals surface area contributed by atoms with E-state index >= 15 is 0 Å². The second-order valence-electron chi connectivity index (χ2n) is 4.25. The number of aromatic nitrogens is 2. The fourth-order valence-electron chi connectivity index (χ4n) is 1.97. The molecule has 0 saturated carbocycles. The van der Waals surface area contributed by atoms with Crippen LogP contribution >= 0.6 is 11.6 Å². The van der Waals surface area contributed by atoms with Crippen molar-refractivity contribution >= 4 is 22.4 Å². The van der Waals surface area contributed by atoms with E-state index in [0.29, 0.717) is 28.9 Å². The van der Waals surface area contributed by atoms with Gasteiger partial charge < -0.3 is 10.5 Å². The number of benzene rings is 2. The molecule has 4 nitrogen and oxygen atoms in total. The SMILES string of the molecule is NCc1cncc(Oc2ccc(Cl)c3ccccc23)n1. The maximum absolute atomic E-state index is 6.18. The Morgan fingerprint density at radius 2 is 1.85 bits per heavy atom. The zero-order valence-electron chi connectivity index (χ0n) is 10.6. The monoisotopic (exact) mass is 285 g/mol. The molecule has 100 valence electrons. The fraction of sp³-hybridized carbons (Fsp3) is 0.0667. The van der Waals surface area contributed by atoms with Gasteiger partial charge in [-0.15, -0.1) is 0 Å². The summed E-state index contributed by atoms with van der Waals surface area (Å²) in [5.41, 5.74) is 6.23. The molecular formula is C15H12ClN3O. The molecule has 0 saturated heterocycles. The fourth-order valence-corrected chi connectivity index (χ4v) is 2.20. The third kappa shape index (κ3) is 2.43. The molecule has 1 heterocycles. The average molecular weight is 286 g/mol. The summed E-state index contributed by atoms with van der Waals surface area (Å²) in [6.07, 6.45) is 3.18. The summed E-state index contributed by atoms with van der Waals surface area (Å²) < 4.78 is 5.80. The van der Waals surface area contributed by atoms with Crippen molar-refractivity contribution in [2.24, 2.45) is 5.73 Å². The Hall–Kier alpha value is -2.17. The van der Waals surface area contributed by atoms with Gasteiger partial charge in [-0.2, -0.15) is 0 Å². The third-order valence-corrected chi connectivity index (χ3v) is 3.25. The highest BCUT2D eigenvalue weighted by atomic mass is 35.5. The van der Waals surface area contributed by atoms with E-state index in [4.69, 9.17) is 22.1 Å². The number of nitrogens with two attached hydrogens (primary N) is 1. The lowest BCUT2D eigenvalue weighted by molar-refractivity contribution is 0.463. The maximum Gasteiger partial charge on any atom is 0.238 e. The molecule has 0 aliphatic rings. The summed E-state index contributed by atoms with van der Waals surface area (Å²) in [5.74, 6) is 1.11. The summed E-state index contributed by atoms with van der Waals surface area (Å²) in [6.45, 7) is 0.325. The molecule has 0 aliphatic carbocycles. The lowest BCUT2D eigenvalue weighted by atomic mass is 10.1. The van der Waals surface area contributed by atoms with E-state index in [9.17, 15) is 0 Å². The van der Waals surface area contributed by atoms with Crippen LogP contribution in [0.5, 0.6) is 11.6 Å². The number of rotatable bonds is 3. The van der Waals surface area contributed by atoms with Crippen molar-refractivity contribution in [2.75, 3.05) is 0 Å². The predicted octanol–water partition coefficient (Wildman–Crippen LogP) is 3.53. The van der Waals surface area contributed by atoms with Crippen LogP contribution in [0, 0.1) is 0 Å². The molecule has 0 bridgehead atoms. The molecule has 5 heteroatoms. The molecule has 0 radical (unpaired) electrons. The predicted molar refractivity (Wildman–Crippen MR) is 79.0 cm³/mol. The van der Waals surface area contributed by atoms with E-state index in [1.807, 2.05) is 30.3 Å². The summed E-state index contributed by atoms with van der Waals surface area (Å²) in [5, 5.41) is 2.56. The van der Waals surface area contributed by atoms with Crippen LogP contribution in [-0.2, 0) is 6.54 Å². The topological polar surface area (TPSA) is 61.0 Å². The van der Waals surface area contributed by atoms with E-state index in [-0.39, 0.29) is 0 Å². The first-order valence-electron chi connectivity index (χ1n) is 6.14. The smallest absolute Gasteiger partial charge is 0.238 e. The molecule has 20 heavy (non-hydrogen) atoms. The number of nitrogens with zero attached hydrogens (tertiary/aromatic N) is 2. The second kappa shape index (κ2) is 5.45. The van der Waals surface area contributed by atoms with Crippen molar-refractivity contribution in [3.8, 4) is 11.6 Å². The highest BCUT2D eigenvalue weighted by Gasteiger charge is 2.07. The average Bonchev–Trinajstić information content (AvgIpc) is 2.51. The molecule has 0 amide bonds. The molecule has 2 N–H and O–H groups in total. The minimum Gasteiger partial charge on any atom is -0.437 e. The van der Waals surface area contributed by atoms with E-state index < -0.39 is 0 Å². The van der Waals surface area contributed by atoms with Crippen LogP contribution in [0.3, 0.4) is 0 Å². The van der Waals surface area contributed by atoms with E-state index in [1.54, 1.807) is 18.5 Å². The van der Waals surface area contributed by atoms with Crippen LogP contribution in [0.2, 0.25) is 5.02 Å². The Morgan fingerprint density at radius 1 is 1.05 bits per heavy atom. The summed E-state index contributed by atoms with van der Waals surface area (Å²) in [7, 11) is 0. The Bertz CT molecular complexity index is 761. The number of hydrogen-bond donors (Lipinski definition) is 1. The van der Waals surface area contributed by atoms with Gasteiger partial charge in [0.1, 0.15) is 5.75 Å². The zero-order valence-corrected chi connectivity index (χ0v) is 11.3. The standard InChI is InChI=1S/C15H12ClN3O/c16-13-5-6-14(12-4-2-1-3-11(12)13)20-15-9-18-8-10(7-17)19-15/h1-6,8-9H,7,17H2. The number of hydrogen-bond acceptors (Lipinski definition) is 4. The van der Waals surface area contributed by atoms with E-state index in [0.717, 1.165) is 10.8 Å². The van der Waals surface area contributed by atoms with Crippen LogP contribution in [0.25, 0.3) is 10.8 Å². The normalized spacial score (nSPS) is 10.7. The lowest BCUT2D eigenvalue weighted by Gasteiger charge is -2.09. The summed E-state index contributed by atoms with van der Waals surface area (Å²) in [6, 6.07) is 11.4. The van der Waals surface area contributed by atoms with Crippen LogP contribution in [-0.4, -0.2) is 9.97 Å². The molecule has 2 aromatic carbocycles. The Kier molecular flexibility index (Phi) is 3.50. The quantitative estimate of drug-likeness (QED) is 0.799. The Morgan fingerprint density at radius 3 is 2.65 bits per heavy atom. The van der Waals surface area contributed by atoms with Crippen LogP contribution < -0.4 is 10.5 Å². The largest absolute Gasteiger partial charge is 0.437 e. The van der Waals surface area contributed by atoms with Gasteiger partial charge in [0, 0.05) is 28.5 Å². The van der Waals surface area contributed by atoms with Gasteiger partial charge in [-0.1, -0.05) is 35.9 Å². The van der Waals surface area contributed by atoms with Crippen LogP contribution in [0.4, 0.5) is 0 Å².